The van der Waals surface area contributed by atoms with Crippen molar-refractivity contribution in [3.8, 4) is 5.75 Å². The molecule has 2 heterocycles. The monoisotopic (exact) mass is 339 g/mol. The number of hydrogen-bond acceptors (Lipinski definition) is 6. The number of para-hydroxylation sites is 1. The van der Waals surface area contributed by atoms with Crippen LogP contribution in [-0.2, 0) is 4.74 Å². The lowest BCUT2D eigenvalue weighted by molar-refractivity contribution is 0.122. The maximum Gasteiger partial charge on any atom is 0.186 e. The predicted octanol–water partition coefficient (Wildman–Crippen LogP) is 3.59. The number of thiazole rings is 1. The van der Waals surface area contributed by atoms with Crippen LogP contribution in [0.3, 0.4) is 0 Å². The van der Waals surface area contributed by atoms with Gasteiger partial charge in [-0.05, 0) is 30.3 Å². The van der Waals surface area contributed by atoms with Gasteiger partial charge >= 0.3 is 0 Å². The third-order valence-electron chi connectivity index (χ3n) is 3.93. The molecule has 122 valence electrons. The van der Waals surface area contributed by atoms with Crippen LogP contribution in [0.5, 0.6) is 5.75 Å². The number of aromatic nitrogens is 1. The van der Waals surface area contributed by atoms with Crippen LogP contribution < -0.4 is 4.90 Å². The lowest BCUT2D eigenvalue weighted by Gasteiger charge is -2.25. The molecule has 0 amide bonds. The average Bonchev–Trinajstić information content (AvgIpc) is 3.05. The van der Waals surface area contributed by atoms with Crippen molar-refractivity contribution in [1.29, 1.82) is 0 Å². The quantitative estimate of drug-likeness (QED) is 0.741. The van der Waals surface area contributed by atoms with Gasteiger partial charge in [0, 0.05) is 24.9 Å². The third-order valence-corrected chi connectivity index (χ3v) is 5.01. The lowest BCUT2D eigenvalue weighted by Crippen LogP contribution is -2.36. The van der Waals surface area contributed by atoms with Crippen LogP contribution in [0.2, 0.25) is 0 Å². The van der Waals surface area contributed by atoms with Crippen molar-refractivity contribution >= 4 is 38.6 Å². The van der Waals surface area contributed by atoms with E-state index < -0.39 is 0 Å². The molecule has 0 saturated carbocycles. The van der Waals surface area contributed by atoms with Gasteiger partial charge in [-0.15, -0.1) is 0 Å². The molecule has 1 saturated heterocycles. The second-order valence-electron chi connectivity index (χ2n) is 5.56. The molecule has 0 radical (unpaired) electrons. The first kappa shape index (κ1) is 15.1. The number of aliphatic imine (C=N–C) groups is 1. The zero-order valence-electron chi connectivity index (χ0n) is 13.1. The van der Waals surface area contributed by atoms with Crippen molar-refractivity contribution in [2.45, 2.75) is 0 Å². The third kappa shape index (κ3) is 3.11. The molecule has 1 aliphatic heterocycles. The summed E-state index contributed by atoms with van der Waals surface area (Å²) in [6, 6.07) is 13.1. The number of hydrogen-bond donors (Lipinski definition) is 1. The van der Waals surface area contributed by atoms with Crippen molar-refractivity contribution in [2.75, 3.05) is 31.2 Å². The second kappa shape index (κ2) is 6.59. The molecule has 1 N–H and O–H groups in total. The minimum Gasteiger partial charge on any atom is -0.507 e. The summed E-state index contributed by atoms with van der Waals surface area (Å²) >= 11 is 1.68. The van der Waals surface area contributed by atoms with Gasteiger partial charge in [0.1, 0.15) is 5.75 Å². The van der Waals surface area contributed by atoms with Gasteiger partial charge in [-0.1, -0.05) is 23.5 Å². The molecule has 3 aromatic rings. The Morgan fingerprint density at radius 1 is 1.17 bits per heavy atom. The van der Waals surface area contributed by atoms with Crippen molar-refractivity contribution in [1.82, 2.24) is 4.98 Å². The normalized spacial score (nSPS) is 15.4. The fourth-order valence-electron chi connectivity index (χ4n) is 2.61. The number of morpholine rings is 1. The van der Waals surface area contributed by atoms with Gasteiger partial charge in [-0.2, -0.15) is 0 Å². The van der Waals surface area contributed by atoms with E-state index in [4.69, 9.17) is 9.72 Å². The van der Waals surface area contributed by atoms with E-state index in [9.17, 15) is 5.11 Å². The number of phenolic OH excluding ortho intramolecular Hbond substituents is 1. The molecule has 24 heavy (non-hydrogen) atoms. The van der Waals surface area contributed by atoms with Crippen LogP contribution in [0.15, 0.2) is 47.5 Å². The Bertz CT molecular complexity index is 885. The molecule has 0 atom stereocenters. The highest BCUT2D eigenvalue weighted by atomic mass is 32.1. The summed E-state index contributed by atoms with van der Waals surface area (Å²) in [5.74, 6) is 0.231. The molecule has 1 aromatic heterocycles. The molecule has 1 fully saturated rings. The van der Waals surface area contributed by atoms with Crippen LogP contribution in [0.25, 0.3) is 10.2 Å². The zero-order chi connectivity index (χ0) is 16.4. The highest BCUT2D eigenvalue weighted by Gasteiger charge is 2.15. The first-order chi connectivity index (χ1) is 11.8. The number of benzene rings is 2. The van der Waals surface area contributed by atoms with E-state index in [0.717, 1.165) is 47.3 Å². The summed E-state index contributed by atoms with van der Waals surface area (Å²) in [6.45, 7) is 3.29. The molecule has 0 aliphatic carbocycles. The second-order valence-corrected chi connectivity index (χ2v) is 6.57. The Morgan fingerprint density at radius 3 is 2.83 bits per heavy atom. The molecule has 1 aliphatic rings. The Labute approximate surface area is 143 Å². The fraction of sp³-hybridized carbons (Fsp3) is 0.222. The van der Waals surface area contributed by atoms with Gasteiger partial charge in [0.15, 0.2) is 5.13 Å². The van der Waals surface area contributed by atoms with Crippen LogP contribution >= 0.6 is 11.3 Å². The van der Waals surface area contributed by atoms with Gasteiger partial charge in [-0.25, -0.2) is 4.98 Å². The summed E-state index contributed by atoms with van der Waals surface area (Å²) in [4.78, 5) is 11.4. The van der Waals surface area contributed by atoms with Crippen LogP contribution in [0, 0.1) is 0 Å². The Morgan fingerprint density at radius 2 is 2.00 bits per heavy atom. The maximum atomic E-state index is 9.79. The van der Waals surface area contributed by atoms with Gasteiger partial charge in [0.25, 0.3) is 0 Å². The molecule has 5 nitrogen and oxygen atoms in total. The van der Waals surface area contributed by atoms with Crippen LogP contribution in [0.1, 0.15) is 5.56 Å². The van der Waals surface area contributed by atoms with Crippen molar-refractivity contribution in [2.24, 2.45) is 4.99 Å². The summed E-state index contributed by atoms with van der Waals surface area (Å²) in [5.41, 5.74) is 2.54. The number of phenols is 1. The van der Waals surface area contributed by atoms with E-state index in [1.54, 1.807) is 29.7 Å². The zero-order valence-corrected chi connectivity index (χ0v) is 13.9. The summed E-state index contributed by atoms with van der Waals surface area (Å²) in [5, 5.41) is 10.8. The van der Waals surface area contributed by atoms with Gasteiger partial charge in [0.2, 0.25) is 0 Å². The van der Waals surface area contributed by atoms with Gasteiger partial charge < -0.3 is 14.7 Å². The Kier molecular flexibility index (Phi) is 4.15. The van der Waals surface area contributed by atoms with Crippen LogP contribution in [0.4, 0.5) is 10.8 Å². The summed E-state index contributed by atoms with van der Waals surface area (Å²) < 4.78 is 6.51. The standard InChI is InChI=1S/C18H17N3O2S/c22-16-4-2-1-3-13(16)12-19-14-5-6-15-17(11-14)24-18(20-15)21-7-9-23-10-8-21/h1-6,11-12,22H,7-10H2. The van der Waals surface area contributed by atoms with Gasteiger partial charge in [-0.3, -0.25) is 4.99 Å². The van der Waals surface area contributed by atoms with E-state index >= 15 is 0 Å². The molecular formula is C18H17N3O2S. The summed E-state index contributed by atoms with van der Waals surface area (Å²) in [7, 11) is 0. The number of anilines is 1. The molecule has 0 spiro atoms. The lowest BCUT2D eigenvalue weighted by atomic mass is 10.2. The topological polar surface area (TPSA) is 58.0 Å². The summed E-state index contributed by atoms with van der Waals surface area (Å²) in [6.07, 6.45) is 1.68. The van der Waals surface area contributed by atoms with E-state index in [0.29, 0.717) is 5.56 Å². The number of fused-ring (bicyclic) bond motifs is 1. The average molecular weight is 339 g/mol. The molecule has 0 unspecified atom stereocenters. The highest BCUT2D eigenvalue weighted by Crippen LogP contribution is 2.32. The first-order valence-corrected chi connectivity index (χ1v) is 8.66. The maximum absolute atomic E-state index is 9.79. The largest absolute Gasteiger partial charge is 0.507 e. The molecule has 2 aromatic carbocycles. The predicted molar refractivity (Wildman–Crippen MR) is 98.0 cm³/mol. The Hall–Kier alpha value is -2.44. The number of aromatic hydroxyl groups is 1. The number of nitrogens with zero attached hydrogens (tertiary/aromatic N) is 3. The van der Waals surface area contributed by atoms with Crippen molar-refractivity contribution in [3.05, 3.63) is 48.0 Å². The van der Waals surface area contributed by atoms with E-state index in [-0.39, 0.29) is 5.75 Å². The van der Waals surface area contributed by atoms with E-state index in [1.165, 1.54) is 0 Å². The molecular weight excluding hydrogens is 322 g/mol. The van der Waals surface area contributed by atoms with Gasteiger partial charge in [0.05, 0.1) is 29.1 Å². The molecule has 4 rings (SSSR count). The SMILES string of the molecule is Oc1ccccc1C=Nc1ccc2nc(N3CCOCC3)sc2c1. The molecule has 0 bridgehead atoms. The smallest absolute Gasteiger partial charge is 0.186 e. The Balaban J connectivity index is 1.60. The number of rotatable bonds is 3. The van der Waals surface area contributed by atoms with Crippen molar-refractivity contribution in [3.63, 3.8) is 0 Å². The first-order valence-electron chi connectivity index (χ1n) is 7.85. The molecule has 6 heteroatoms. The van der Waals surface area contributed by atoms with Crippen molar-refractivity contribution < 1.29 is 9.84 Å². The number of ether oxygens (including phenoxy) is 1. The van der Waals surface area contributed by atoms with E-state index in [1.807, 2.05) is 30.3 Å². The van der Waals surface area contributed by atoms with Crippen LogP contribution in [-0.4, -0.2) is 42.6 Å². The minimum absolute atomic E-state index is 0.231. The highest BCUT2D eigenvalue weighted by molar-refractivity contribution is 7.22. The fourth-order valence-corrected chi connectivity index (χ4v) is 3.66. The minimum atomic E-state index is 0.231. The van der Waals surface area contributed by atoms with E-state index in [2.05, 4.69) is 9.89 Å².